The molecule has 7 heteroatoms. The van der Waals surface area contributed by atoms with Crippen LogP contribution >= 0.6 is 0 Å². The van der Waals surface area contributed by atoms with Crippen molar-refractivity contribution in [3.05, 3.63) is 5.82 Å². The molecule has 1 saturated heterocycles. The molecule has 1 aromatic rings. The molecular formula is C14H25N7. The number of nitrogens with two attached hydrogens (primary N) is 2. The van der Waals surface area contributed by atoms with Crippen LogP contribution in [0.3, 0.4) is 0 Å². The molecule has 2 aliphatic rings. The first-order valence-electron chi connectivity index (χ1n) is 7.68. The second kappa shape index (κ2) is 5.73. The van der Waals surface area contributed by atoms with E-state index in [0.29, 0.717) is 17.9 Å². The standard InChI is InChI=1S/C14H25N7/c1-20(2)14-18-12(17-13(16)19-14)8-21-6-9-4-3-5-11(15)10(9)7-21/h9-11H,3-8,15H2,1-2H3,(H2,16,17,18,19). The van der Waals surface area contributed by atoms with Gasteiger partial charge in [-0.05, 0) is 24.7 Å². The average Bonchev–Trinajstić information content (AvgIpc) is 2.82. The maximum atomic E-state index is 6.27. The van der Waals surface area contributed by atoms with Crippen molar-refractivity contribution in [3.8, 4) is 0 Å². The minimum Gasteiger partial charge on any atom is -0.368 e. The summed E-state index contributed by atoms with van der Waals surface area (Å²) in [4.78, 5) is 17.2. The summed E-state index contributed by atoms with van der Waals surface area (Å²) in [5, 5.41) is 0. The number of nitrogen functional groups attached to an aromatic ring is 1. The molecule has 1 aromatic heterocycles. The Balaban J connectivity index is 1.70. The summed E-state index contributed by atoms with van der Waals surface area (Å²) in [7, 11) is 3.81. The Kier molecular flexibility index (Phi) is 3.95. The minimum absolute atomic E-state index is 0.289. The van der Waals surface area contributed by atoms with Crippen LogP contribution < -0.4 is 16.4 Å². The van der Waals surface area contributed by atoms with E-state index in [-0.39, 0.29) is 5.95 Å². The number of fused-ring (bicyclic) bond motifs is 1. The molecule has 1 aliphatic heterocycles. The number of anilines is 2. The molecule has 3 rings (SSSR count). The average molecular weight is 291 g/mol. The maximum Gasteiger partial charge on any atom is 0.229 e. The topological polar surface area (TPSA) is 97.2 Å². The Hall–Kier alpha value is -1.47. The van der Waals surface area contributed by atoms with Crippen LogP contribution in [-0.4, -0.2) is 53.1 Å². The zero-order valence-corrected chi connectivity index (χ0v) is 12.9. The molecule has 7 nitrogen and oxygen atoms in total. The van der Waals surface area contributed by atoms with Gasteiger partial charge in [0.1, 0.15) is 5.82 Å². The fourth-order valence-electron chi connectivity index (χ4n) is 3.63. The van der Waals surface area contributed by atoms with Crippen molar-refractivity contribution >= 4 is 11.9 Å². The summed E-state index contributed by atoms with van der Waals surface area (Å²) in [5.74, 6) is 3.02. The van der Waals surface area contributed by atoms with E-state index in [0.717, 1.165) is 31.4 Å². The lowest BCUT2D eigenvalue weighted by atomic mass is 9.78. The van der Waals surface area contributed by atoms with Gasteiger partial charge in [-0.25, -0.2) is 0 Å². The van der Waals surface area contributed by atoms with Crippen LogP contribution in [0, 0.1) is 11.8 Å². The first-order chi connectivity index (χ1) is 10.0. The molecule has 4 N–H and O–H groups in total. The number of aromatic nitrogens is 3. The zero-order valence-electron chi connectivity index (χ0n) is 12.9. The normalized spacial score (nSPS) is 29.4. The number of rotatable bonds is 3. The van der Waals surface area contributed by atoms with E-state index < -0.39 is 0 Å². The van der Waals surface area contributed by atoms with Crippen LogP contribution in [0.2, 0.25) is 0 Å². The summed E-state index contributed by atoms with van der Waals surface area (Å²) in [6, 6.07) is 0.356. The molecule has 0 spiro atoms. The number of likely N-dealkylation sites (tertiary alicyclic amines) is 1. The summed E-state index contributed by atoms with van der Waals surface area (Å²) < 4.78 is 0. The summed E-state index contributed by atoms with van der Waals surface area (Å²) in [6.07, 6.45) is 3.73. The highest BCUT2D eigenvalue weighted by Gasteiger charge is 2.38. The van der Waals surface area contributed by atoms with Gasteiger partial charge in [0.05, 0.1) is 6.54 Å². The van der Waals surface area contributed by atoms with Gasteiger partial charge in [-0.3, -0.25) is 4.90 Å². The molecule has 3 atom stereocenters. The Morgan fingerprint density at radius 1 is 1.19 bits per heavy atom. The Morgan fingerprint density at radius 3 is 2.71 bits per heavy atom. The summed E-state index contributed by atoms with van der Waals surface area (Å²) in [5.41, 5.74) is 12.1. The number of hydrogen-bond donors (Lipinski definition) is 2. The van der Waals surface area contributed by atoms with Crippen molar-refractivity contribution in [2.45, 2.75) is 31.8 Å². The number of hydrogen-bond acceptors (Lipinski definition) is 7. The van der Waals surface area contributed by atoms with Crippen molar-refractivity contribution in [1.29, 1.82) is 0 Å². The highest BCUT2D eigenvalue weighted by atomic mass is 15.3. The van der Waals surface area contributed by atoms with Gasteiger partial charge in [0.15, 0.2) is 0 Å². The minimum atomic E-state index is 0.289. The molecule has 0 bridgehead atoms. The third-order valence-corrected chi connectivity index (χ3v) is 4.68. The lowest BCUT2D eigenvalue weighted by Crippen LogP contribution is -2.38. The molecule has 1 aliphatic carbocycles. The van der Waals surface area contributed by atoms with Crippen molar-refractivity contribution in [1.82, 2.24) is 19.9 Å². The molecule has 2 fully saturated rings. The van der Waals surface area contributed by atoms with E-state index in [1.54, 1.807) is 0 Å². The van der Waals surface area contributed by atoms with Gasteiger partial charge in [-0.1, -0.05) is 6.42 Å². The molecule has 0 amide bonds. The molecule has 1 saturated carbocycles. The third kappa shape index (κ3) is 3.08. The Bertz CT molecular complexity index is 504. The van der Waals surface area contributed by atoms with Gasteiger partial charge in [0, 0.05) is 33.2 Å². The third-order valence-electron chi connectivity index (χ3n) is 4.68. The second-order valence-electron chi connectivity index (χ2n) is 6.52. The zero-order chi connectivity index (χ0) is 15.0. The largest absolute Gasteiger partial charge is 0.368 e. The van der Waals surface area contributed by atoms with Gasteiger partial charge < -0.3 is 16.4 Å². The lowest BCUT2D eigenvalue weighted by molar-refractivity contribution is 0.259. The van der Waals surface area contributed by atoms with Gasteiger partial charge >= 0.3 is 0 Å². The SMILES string of the molecule is CN(C)c1nc(N)nc(CN2CC3CCCC(N)C3C2)n1. The summed E-state index contributed by atoms with van der Waals surface area (Å²) >= 11 is 0. The van der Waals surface area contributed by atoms with Gasteiger partial charge in [0.2, 0.25) is 11.9 Å². The van der Waals surface area contributed by atoms with Crippen LogP contribution in [0.5, 0.6) is 0 Å². The van der Waals surface area contributed by atoms with E-state index >= 15 is 0 Å². The van der Waals surface area contributed by atoms with Gasteiger partial charge in [-0.15, -0.1) is 0 Å². The van der Waals surface area contributed by atoms with Crippen molar-refractivity contribution in [2.24, 2.45) is 17.6 Å². The predicted molar refractivity (Wildman–Crippen MR) is 82.6 cm³/mol. The molecule has 3 unspecified atom stereocenters. The fraction of sp³-hybridized carbons (Fsp3) is 0.786. The molecule has 0 radical (unpaired) electrons. The van der Waals surface area contributed by atoms with Crippen LogP contribution in [0.1, 0.15) is 25.1 Å². The molecular weight excluding hydrogens is 266 g/mol. The van der Waals surface area contributed by atoms with Crippen LogP contribution in [-0.2, 0) is 6.54 Å². The molecule has 0 aromatic carbocycles. The first-order valence-corrected chi connectivity index (χ1v) is 7.68. The van der Waals surface area contributed by atoms with E-state index in [2.05, 4.69) is 19.9 Å². The quantitative estimate of drug-likeness (QED) is 0.814. The van der Waals surface area contributed by atoms with Crippen molar-refractivity contribution < 1.29 is 0 Å². The van der Waals surface area contributed by atoms with Crippen LogP contribution in [0.15, 0.2) is 0 Å². The maximum absolute atomic E-state index is 6.27. The predicted octanol–water partition coefficient (Wildman–Crippen LogP) is 0.0790. The van der Waals surface area contributed by atoms with E-state index in [4.69, 9.17) is 11.5 Å². The first kappa shape index (κ1) is 14.5. The van der Waals surface area contributed by atoms with Crippen LogP contribution in [0.4, 0.5) is 11.9 Å². The van der Waals surface area contributed by atoms with Gasteiger partial charge in [-0.2, -0.15) is 15.0 Å². The van der Waals surface area contributed by atoms with Gasteiger partial charge in [0.25, 0.3) is 0 Å². The second-order valence-corrected chi connectivity index (χ2v) is 6.52. The highest BCUT2D eigenvalue weighted by molar-refractivity contribution is 5.32. The van der Waals surface area contributed by atoms with E-state index in [1.807, 2.05) is 19.0 Å². The smallest absolute Gasteiger partial charge is 0.229 e. The molecule has 21 heavy (non-hydrogen) atoms. The lowest BCUT2D eigenvalue weighted by Gasteiger charge is -2.29. The Morgan fingerprint density at radius 2 is 2.00 bits per heavy atom. The van der Waals surface area contributed by atoms with E-state index in [1.165, 1.54) is 19.3 Å². The number of nitrogens with zero attached hydrogens (tertiary/aromatic N) is 5. The van der Waals surface area contributed by atoms with Crippen molar-refractivity contribution in [3.63, 3.8) is 0 Å². The van der Waals surface area contributed by atoms with Crippen molar-refractivity contribution in [2.75, 3.05) is 37.8 Å². The van der Waals surface area contributed by atoms with Crippen LogP contribution in [0.25, 0.3) is 0 Å². The Labute approximate surface area is 125 Å². The monoisotopic (exact) mass is 291 g/mol. The molecule has 2 heterocycles. The summed E-state index contributed by atoms with van der Waals surface area (Å²) in [6.45, 7) is 2.88. The molecule has 116 valence electrons. The fourth-order valence-corrected chi connectivity index (χ4v) is 3.63. The van der Waals surface area contributed by atoms with E-state index in [9.17, 15) is 0 Å². The highest BCUT2D eigenvalue weighted by Crippen LogP contribution is 2.35.